The van der Waals surface area contributed by atoms with E-state index in [9.17, 15) is 9.18 Å². The number of amides is 1. The topological polar surface area (TPSA) is 59.8 Å². The van der Waals surface area contributed by atoms with Crippen molar-refractivity contribution in [3.63, 3.8) is 0 Å². The highest BCUT2D eigenvalue weighted by Crippen LogP contribution is 2.36. The molecule has 10 heteroatoms. The van der Waals surface area contributed by atoms with Crippen LogP contribution in [0.2, 0.25) is 20.2 Å². The molecule has 0 saturated heterocycles. The molecule has 0 unspecified atom stereocenters. The molecule has 0 saturated carbocycles. The van der Waals surface area contributed by atoms with Crippen LogP contribution in [0, 0.1) is 12.7 Å². The predicted molar refractivity (Wildman–Crippen MR) is 104 cm³/mol. The van der Waals surface area contributed by atoms with E-state index in [-0.39, 0.29) is 32.5 Å². The van der Waals surface area contributed by atoms with E-state index < -0.39 is 11.7 Å². The highest BCUT2D eigenvalue weighted by atomic mass is 35.5. The average Bonchev–Trinajstić information content (AvgIpc) is 3.06. The number of benzene rings is 1. The lowest BCUT2D eigenvalue weighted by molar-refractivity contribution is 0.0946. The van der Waals surface area contributed by atoms with Gasteiger partial charge in [-0.2, -0.15) is 0 Å². The van der Waals surface area contributed by atoms with Gasteiger partial charge in [0.15, 0.2) is 0 Å². The summed E-state index contributed by atoms with van der Waals surface area (Å²) in [6.07, 6.45) is 3.25. The monoisotopic (exact) mass is 446 g/mol. The van der Waals surface area contributed by atoms with E-state index in [2.05, 4.69) is 15.3 Å². The van der Waals surface area contributed by atoms with Gasteiger partial charge in [-0.3, -0.25) is 4.79 Å². The third-order valence-electron chi connectivity index (χ3n) is 3.75. The van der Waals surface area contributed by atoms with E-state index in [1.165, 1.54) is 6.07 Å². The van der Waals surface area contributed by atoms with Crippen molar-refractivity contribution in [1.29, 1.82) is 0 Å². The highest BCUT2D eigenvalue weighted by Gasteiger charge is 2.20. The van der Waals surface area contributed by atoms with E-state index in [1.807, 2.05) is 0 Å². The maximum absolute atomic E-state index is 14.4. The normalized spacial score (nSPS) is 10.9. The number of hydrogen-bond donors (Lipinski definition) is 1. The minimum atomic E-state index is -0.615. The molecule has 0 spiro atoms. The zero-order valence-electron chi connectivity index (χ0n) is 13.7. The molecular weight excluding hydrogens is 437 g/mol. The number of rotatable bonds is 4. The molecule has 0 atom stereocenters. The molecule has 27 heavy (non-hydrogen) atoms. The molecule has 0 radical (unpaired) electrons. The van der Waals surface area contributed by atoms with Gasteiger partial charge in [0.2, 0.25) is 0 Å². The fourth-order valence-corrected chi connectivity index (χ4v) is 3.21. The molecule has 0 aliphatic carbocycles. The molecule has 1 amide bonds. The average molecular weight is 448 g/mol. The first-order chi connectivity index (χ1) is 12.8. The first-order valence-electron chi connectivity index (χ1n) is 7.56. The number of nitrogens with one attached hydrogen (secondary N) is 1. The second-order valence-electron chi connectivity index (χ2n) is 5.51. The minimum absolute atomic E-state index is 0.0349. The number of hydrogen-bond acceptors (Lipinski definition) is 3. The molecule has 3 rings (SSSR count). The van der Waals surface area contributed by atoms with Crippen LogP contribution in [-0.2, 0) is 6.54 Å². The molecule has 2 heterocycles. The summed E-state index contributed by atoms with van der Waals surface area (Å²) in [5, 5.41) is 2.25. The fraction of sp³-hybridized carbons (Fsp3) is 0.118. The number of nitrogens with zero attached hydrogens (tertiary/aromatic N) is 3. The van der Waals surface area contributed by atoms with Crippen LogP contribution in [0.5, 0.6) is 0 Å². The van der Waals surface area contributed by atoms with E-state index >= 15 is 0 Å². The van der Waals surface area contributed by atoms with Crippen LogP contribution in [-0.4, -0.2) is 20.4 Å². The third kappa shape index (κ3) is 4.04. The zero-order chi connectivity index (χ0) is 19.7. The Morgan fingerprint density at radius 3 is 2.56 bits per heavy atom. The van der Waals surface area contributed by atoms with Crippen LogP contribution in [0.4, 0.5) is 4.39 Å². The summed E-state index contributed by atoms with van der Waals surface area (Å²) in [7, 11) is 0. The predicted octanol–water partition coefficient (Wildman–Crippen LogP) is 5.26. The quantitative estimate of drug-likeness (QED) is 0.555. The standard InChI is InChI=1S/C17H11Cl4FN4O/c1-8-23-4-5-26(8)11-3-2-9(6-10(11)22)7-24-17(27)15-13(19)12(18)14(20)16(21)25-15/h2-6H,7H2,1H3,(H,24,27). The summed E-state index contributed by atoms with van der Waals surface area (Å²) < 4.78 is 16.0. The molecule has 1 aromatic carbocycles. The number of aryl methyl sites for hydroxylation is 1. The van der Waals surface area contributed by atoms with Crippen molar-refractivity contribution in [3.8, 4) is 5.69 Å². The Labute approximate surface area is 174 Å². The Kier molecular flexibility index (Phi) is 5.91. The maximum atomic E-state index is 14.4. The van der Waals surface area contributed by atoms with E-state index in [0.717, 1.165) is 0 Å². The first-order valence-corrected chi connectivity index (χ1v) is 9.07. The maximum Gasteiger partial charge on any atom is 0.271 e. The van der Waals surface area contributed by atoms with Crippen LogP contribution in [0.15, 0.2) is 30.6 Å². The highest BCUT2D eigenvalue weighted by molar-refractivity contribution is 6.52. The third-order valence-corrected chi connectivity index (χ3v) is 5.43. The molecule has 140 valence electrons. The van der Waals surface area contributed by atoms with Crippen molar-refractivity contribution in [2.75, 3.05) is 0 Å². The van der Waals surface area contributed by atoms with Gasteiger partial charge in [0.05, 0.1) is 20.8 Å². The van der Waals surface area contributed by atoms with Gasteiger partial charge in [0.1, 0.15) is 22.5 Å². The first kappa shape index (κ1) is 19.9. The number of carbonyl (C=O) groups excluding carboxylic acids is 1. The van der Waals surface area contributed by atoms with E-state index in [1.54, 1.807) is 36.0 Å². The second kappa shape index (κ2) is 8.02. The van der Waals surface area contributed by atoms with E-state index in [0.29, 0.717) is 17.1 Å². The molecule has 2 aromatic heterocycles. The zero-order valence-corrected chi connectivity index (χ0v) is 16.8. The number of pyridine rings is 1. The van der Waals surface area contributed by atoms with Gasteiger partial charge in [0, 0.05) is 18.9 Å². The molecule has 0 bridgehead atoms. The molecular formula is C17H11Cl4FN4O. The van der Waals surface area contributed by atoms with Crippen molar-refractivity contribution in [3.05, 3.63) is 73.7 Å². The van der Waals surface area contributed by atoms with Crippen molar-refractivity contribution < 1.29 is 9.18 Å². The van der Waals surface area contributed by atoms with Crippen molar-refractivity contribution >= 4 is 52.3 Å². The summed E-state index contributed by atoms with van der Waals surface area (Å²) in [5.41, 5.74) is 0.743. The molecule has 3 aromatic rings. The number of imidazole rings is 1. The number of carbonyl (C=O) groups is 1. The van der Waals surface area contributed by atoms with Gasteiger partial charge in [-0.05, 0) is 24.6 Å². The van der Waals surface area contributed by atoms with Gasteiger partial charge >= 0.3 is 0 Å². The summed E-state index contributed by atoms with van der Waals surface area (Å²) >= 11 is 23.6. The van der Waals surface area contributed by atoms with Gasteiger partial charge in [-0.1, -0.05) is 52.5 Å². The Hall–Kier alpha value is -1.86. The van der Waals surface area contributed by atoms with Crippen LogP contribution < -0.4 is 5.32 Å². The summed E-state index contributed by atoms with van der Waals surface area (Å²) in [4.78, 5) is 20.2. The summed E-state index contributed by atoms with van der Waals surface area (Å²) in [6.45, 7) is 1.82. The molecule has 5 nitrogen and oxygen atoms in total. The molecule has 0 aliphatic heterocycles. The van der Waals surface area contributed by atoms with E-state index in [4.69, 9.17) is 46.4 Å². The SMILES string of the molecule is Cc1nccn1-c1ccc(CNC(=O)c2nc(Cl)c(Cl)c(Cl)c2Cl)cc1F. The lowest BCUT2D eigenvalue weighted by atomic mass is 10.2. The van der Waals surface area contributed by atoms with Gasteiger partial charge in [-0.15, -0.1) is 0 Å². The fourth-order valence-electron chi connectivity index (χ4n) is 2.39. The van der Waals surface area contributed by atoms with Crippen molar-refractivity contribution in [2.24, 2.45) is 0 Å². The van der Waals surface area contributed by atoms with Crippen LogP contribution in [0.3, 0.4) is 0 Å². The van der Waals surface area contributed by atoms with Crippen molar-refractivity contribution in [1.82, 2.24) is 19.9 Å². The molecule has 1 N–H and O–H groups in total. The lowest BCUT2D eigenvalue weighted by Gasteiger charge is -2.11. The van der Waals surface area contributed by atoms with Gasteiger partial charge < -0.3 is 9.88 Å². The summed E-state index contributed by atoms with van der Waals surface area (Å²) in [5.74, 6) is -0.404. The van der Waals surface area contributed by atoms with Crippen LogP contribution in [0.25, 0.3) is 5.69 Å². The van der Waals surface area contributed by atoms with Crippen LogP contribution >= 0.6 is 46.4 Å². The Morgan fingerprint density at radius 1 is 1.19 bits per heavy atom. The Bertz CT molecular complexity index is 1040. The second-order valence-corrected chi connectivity index (χ2v) is 7.00. The van der Waals surface area contributed by atoms with Gasteiger partial charge in [0.25, 0.3) is 5.91 Å². The molecule has 0 aliphatic rings. The Balaban J connectivity index is 1.77. The smallest absolute Gasteiger partial charge is 0.271 e. The number of halogens is 5. The lowest BCUT2D eigenvalue weighted by Crippen LogP contribution is -2.24. The minimum Gasteiger partial charge on any atom is -0.347 e. The largest absolute Gasteiger partial charge is 0.347 e. The van der Waals surface area contributed by atoms with Gasteiger partial charge in [-0.25, -0.2) is 14.4 Å². The molecule has 0 fully saturated rings. The Morgan fingerprint density at radius 2 is 1.93 bits per heavy atom. The summed E-state index contributed by atoms with van der Waals surface area (Å²) in [6, 6.07) is 4.62. The van der Waals surface area contributed by atoms with Crippen LogP contribution in [0.1, 0.15) is 21.9 Å². The van der Waals surface area contributed by atoms with Crippen molar-refractivity contribution in [2.45, 2.75) is 13.5 Å². The number of aromatic nitrogens is 3.